The molecule has 0 bridgehead atoms. The first-order valence-electron chi connectivity index (χ1n) is 13.1. The third-order valence-electron chi connectivity index (χ3n) is 6.70. The van der Waals surface area contributed by atoms with Gasteiger partial charge in [0.25, 0.3) is 5.91 Å². The molecule has 38 heavy (non-hydrogen) atoms. The Kier molecular flexibility index (Phi) is 13.5. The van der Waals surface area contributed by atoms with E-state index in [2.05, 4.69) is 18.8 Å². The highest BCUT2D eigenvalue weighted by Gasteiger charge is 2.42. The Morgan fingerprint density at radius 2 is 1.71 bits per heavy atom. The highest BCUT2D eigenvalue weighted by atomic mass is 35.5. The SMILES string of the molecule is CCCCOc1ccc(S(=O)(=O)N(Cc2ccncc2)C(C(=O)NO)C2CCC(OCCC)CC2)cc1.Cl. The quantitative estimate of drug-likeness (QED) is 0.192. The van der Waals surface area contributed by atoms with Gasteiger partial charge in [0, 0.05) is 25.5 Å². The number of hydroxylamine groups is 1. The van der Waals surface area contributed by atoms with E-state index in [0.717, 1.165) is 32.1 Å². The maximum absolute atomic E-state index is 14.0. The molecule has 3 rings (SSSR count). The van der Waals surface area contributed by atoms with Crippen molar-refractivity contribution in [3.8, 4) is 5.75 Å². The Balaban J connectivity index is 0.00000507. The molecule has 1 aliphatic carbocycles. The minimum absolute atomic E-state index is 0. The molecule has 0 radical (unpaired) electrons. The summed E-state index contributed by atoms with van der Waals surface area (Å²) in [6.07, 6.45) is 8.77. The van der Waals surface area contributed by atoms with Crippen LogP contribution >= 0.6 is 12.4 Å². The number of unbranched alkanes of at least 4 members (excludes halogenated alkanes) is 1. The highest BCUT2D eigenvalue weighted by Crippen LogP contribution is 2.34. The summed E-state index contributed by atoms with van der Waals surface area (Å²) in [5, 5.41) is 9.62. The number of hydrogen-bond acceptors (Lipinski definition) is 7. The first kappa shape index (κ1) is 32.0. The third-order valence-corrected chi connectivity index (χ3v) is 8.54. The second kappa shape index (κ2) is 16.0. The van der Waals surface area contributed by atoms with E-state index in [4.69, 9.17) is 9.47 Å². The number of ether oxygens (including phenoxy) is 2. The number of aromatic nitrogens is 1. The molecule has 11 heteroatoms. The van der Waals surface area contributed by atoms with Crippen molar-refractivity contribution >= 4 is 28.3 Å². The van der Waals surface area contributed by atoms with E-state index < -0.39 is 22.0 Å². The number of nitrogens with one attached hydrogen (secondary N) is 1. The van der Waals surface area contributed by atoms with Crippen LogP contribution in [0.5, 0.6) is 5.75 Å². The third kappa shape index (κ3) is 8.64. The number of carbonyl (C=O) groups is 1. The number of hydrogen-bond donors (Lipinski definition) is 2. The van der Waals surface area contributed by atoms with Crippen molar-refractivity contribution in [1.29, 1.82) is 0 Å². The predicted molar refractivity (Wildman–Crippen MR) is 147 cm³/mol. The van der Waals surface area contributed by atoms with Gasteiger partial charge in [0.15, 0.2) is 0 Å². The largest absolute Gasteiger partial charge is 0.494 e. The summed E-state index contributed by atoms with van der Waals surface area (Å²) in [7, 11) is -4.12. The van der Waals surface area contributed by atoms with Crippen LogP contribution in [0.1, 0.15) is 64.4 Å². The summed E-state index contributed by atoms with van der Waals surface area (Å²) in [4.78, 5) is 17.1. The molecule has 1 heterocycles. The molecule has 1 aromatic carbocycles. The van der Waals surface area contributed by atoms with Crippen LogP contribution < -0.4 is 10.2 Å². The van der Waals surface area contributed by atoms with Crippen molar-refractivity contribution in [2.24, 2.45) is 5.92 Å². The van der Waals surface area contributed by atoms with Gasteiger partial charge in [0.05, 0.1) is 17.6 Å². The molecule has 212 valence electrons. The van der Waals surface area contributed by atoms with Crippen molar-refractivity contribution in [2.45, 2.75) is 82.4 Å². The molecule has 0 spiro atoms. The van der Waals surface area contributed by atoms with Gasteiger partial charge in [-0.2, -0.15) is 4.31 Å². The minimum atomic E-state index is -4.12. The van der Waals surface area contributed by atoms with E-state index in [1.54, 1.807) is 42.1 Å². The summed E-state index contributed by atoms with van der Waals surface area (Å²) >= 11 is 0. The van der Waals surface area contributed by atoms with Gasteiger partial charge in [0.2, 0.25) is 10.0 Å². The summed E-state index contributed by atoms with van der Waals surface area (Å²) in [5.41, 5.74) is 2.42. The first-order chi connectivity index (χ1) is 17.9. The van der Waals surface area contributed by atoms with Gasteiger partial charge >= 0.3 is 0 Å². The lowest BCUT2D eigenvalue weighted by atomic mass is 9.82. The summed E-state index contributed by atoms with van der Waals surface area (Å²) in [6.45, 7) is 5.32. The molecule has 9 nitrogen and oxygen atoms in total. The zero-order valence-corrected chi connectivity index (χ0v) is 23.8. The summed E-state index contributed by atoms with van der Waals surface area (Å²) in [6, 6.07) is 8.61. The van der Waals surface area contributed by atoms with Gasteiger partial charge in [-0.3, -0.25) is 15.0 Å². The normalized spacial score (nSPS) is 18.4. The number of amides is 1. The van der Waals surface area contributed by atoms with Gasteiger partial charge < -0.3 is 9.47 Å². The lowest BCUT2D eigenvalue weighted by Crippen LogP contribution is -2.53. The van der Waals surface area contributed by atoms with Crippen molar-refractivity contribution in [3.05, 3.63) is 54.4 Å². The van der Waals surface area contributed by atoms with E-state index in [-0.39, 0.29) is 35.9 Å². The number of carbonyl (C=O) groups excluding carboxylic acids is 1. The summed E-state index contributed by atoms with van der Waals surface area (Å²) < 4.78 is 40.8. The van der Waals surface area contributed by atoms with Crippen LogP contribution in [0.3, 0.4) is 0 Å². The molecule has 2 N–H and O–H groups in total. The van der Waals surface area contributed by atoms with Crippen LogP contribution in [0.15, 0.2) is 53.7 Å². The molecule has 1 fully saturated rings. The molecule has 0 aliphatic heterocycles. The monoisotopic (exact) mass is 569 g/mol. The van der Waals surface area contributed by atoms with Gasteiger partial charge in [-0.25, -0.2) is 13.9 Å². The predicted octanol–water partition coefficient (Wildman–Crippen LogP) is 4.73. The van der Waals surface area contributed by atoms with Crippen LogP contribution in [0.4, 0.5) is 0 Å². The number of sulfonamides is 1. The molecular formula is C27H40ClN3O6S. The number of halogens is 1. The van der Waals surface area contributed by atoms with Crippen LogP contribution in [0.2, 0.25) is 0 Å². The molecule has 1 atom stereocenters. The molecule has 0 saturated heterocycles. The first-order valence-corrected chi connectivity index (χ1v) is 14.5. The van der Waals surface area contributed by atoms with Crippen LogP contribution in [-0.2, 0) is 26.1 Å². The molecule has 1 aliphatic rings. The van der Waals surface area contributed by atoms with Gasteiger partial charge in [-0.15, -0.1) is 12.4 Å². The smallest absolute Gasteiger partial charge is 0.262 e. The fourth-order valence-electron chi connectivity index (χ4n) is 4.68. The molecule has 2 aromatic rings. The van der Waals surface area contributed by atoms with Crippen molar-refractivity contribution in [1.82, 2.24) is 14.8 Å². The van der Waals surface area contributed by atoms with E-state index in [0.29, 0.717) is 37.4 Å². The number of benzene rings is 1. The fourth-order valence-corrected chi connectivity index (χ4v) is 6.32. The summed E-state index contributed by atoms with van der Waals surface area (Å²) in [5.74, 6) is -0.430. The zero-order valence-electron chi connectivity index (χ0n) is 22.1. The Labute approximate surface area is 232 Å². The van der Waals surface area contributed by atoms with E-state index in [1.165, 1.54) is 16.4 Å². The fraction of sp³-hybridized carbons (Fsp3) is 0.556. The number of rotatable bonds is 14. The zero-order chi connectivity index (χ0) is 26.7. The minimum Gasteiger partial charge on any atom is -0.494 e. The molecular weight excluding hydrogens is 530 g/mol. The molecule has 1 aromatic heterocycles. The van der Waals surface area contributed by atoms with Crippen LogP contribution in [0.25, 0.3) is 0 Å². The van der Waals surface area contributed by atoms with Crippen molar-refractivity contribution in [2.75, 3.05) is 13.2 Å². The Bertz CT molecular complexity index is 1060. The van der Waals surface area contributed by atoms with Crippen molar-refractivity contribution in [3.63, 3.8) is 0 Å². The van der Waals surface area contributed by atoms with E-state index >= 15 is 0 Å². The Hall–Kier alpha value is -2.24. The molecule has 1 amide bonds. The van der Waals surface area contributed by atoms with E-state index in [9.17, 15) is 18.4 Å². The van der Waals surface area contributed by atoms with Gasteiger partial charge in [0.1, 0.15) is 11.8 Å². The topological polar surface area (TPSA) is 118 Å². The maximum Gasteiger partial charge on any atom is 0.262 e. The second-order valence-electron chi connectivity index (χ2n) is 9.41. The highest BCUT2D eigenvalue weighted by molar-refractivity contribution is 7.89. The second-order valence-corrected chi connectivity index (χ2v) is 11.3. The van der Waals surface area contributed by atoms with Gasteiger partial charge in [-0.05, 0) is 86.4 Å². The molecule has 1 unspecified atom stereocenters. The maximum atomic E-state index is 14.0. The standard InChI is InChI=1S/C27H39N3O6S.ClH/c1-3-5-19-36-24-10-12-25(13-11-24)37(33,34)30(20-21-14-16-28-17-15-21)26(27(31)29-32)22-6-8-23(9-7-22)35-18-4-2;/h10-17,22-23,26,32H,3-9,18-20H2,1-2H3,(H,29,31);1H. The number of nitrogens with zero attached hydrogens (tertiary/aromatic N) is 2. The van der Waals surface area contributed by atoms with Gasteiger partial charge in [-0.1, -0.05) is 20.3 Å². The number of pyridine rings is 1. The average molecular weight is 570 g/mol. The molecule has 1 saturated carbocycles. The Morgan fingerprint density at radius 3 is 2.29 bits per heavy atom. The lowest BCUT2D eigenvalue weighted by Gasteiger charge is -2.38. The Morgan fingerprint density at radius 1 is 1.05 bits per heavy atom. The van der Waals surface area contributed by atoms with Crippen LogP contribution in [0, 0.1) is 5.92 Å². The van der Waals surface area contributed by atoms with Crippen LogP contribution in [-0.4, -0.2) is 54.2 Å². The lowest BCUT2D eigenvalue weighted by molar-refractivity contribution is -0.136. The van der Waals surface area contributed by atoms with E-state index in [1.807, 2.05) is 0 Å². The average Bonchev–Trinajstić information content (AvgIpc) is 2.93. The van der Waals surface area contributed by atoms with Crippen molar-refractivity contribution < 1.29 is 27.9 Å².